The molecule has 30 heavy (non-hydrogen) atoms. The maximum atomic E-state index is 13.3. The highest BCUT2D eigenvalue weighted by atomic mass is 35.5. The van der Waals surface area contributed by atoms with Gasteiger partial charge in [-0.25, -0.2) is 0 Å². The van der Waals surface area contributed by atoms with Crippen molar-refractivity contribution in [2.75, 3.05) is 6.54 Å². The van der Waals surface area contributed by atoms with E-state index in [1.807, 2.05) is 51.1 Å². The highest BCUT2D eigenvalue weighted by Crippen LogP contribution is 2.22. The lowest BCUT2D eigenvalue weighted by Gasteiger charge is -2.31. The van der Waals surface area contributed by atoms with Crippen LogP contribution in [-0.2, 0) is 22.4 Å². The van der Waals surface area contributed by atoms with Gasteiger partial charge in [-0.05, 0) is 49.4 Å². The zero-order valence-electron chi connectivity index (χ0n) is 17.8. The highest BCUT2D eigenvalue weighted by molar-refractivity contribution is 6.35. The minimum absolute atomic E-state index is 0.0586. The van der Waals surface area contributed by atoms with E-state index >= 15 is 0 Å². The molecule has 2 aromatic carbocycles. The van der Waals surface area contributed by atoms with Crippen molar-refractivity contribution in [1.82, 2.24) is 10.2 Å². The molecule has 0 aliphatic carbocycles. The molecule has 0 fully saturated rings. The number of halogens is 2. The second-order valence-electron chi connectivity index (χ2n) is 7.48. The van der Waals surface area contributed by atoms with Gasteiger partial charge < -0.3 is 10.2 Å². The predicted molar refractivity (Wildman–Crippen MR) is 124 cm³/mol. The van der Waals surface area contributed by atoms with Gasteiger partial charge in [-0.3, -0.25) is 9.59 Å². The number of hydrogen-bond acceptors (Lipinski definition) is 2. The fourth-order valence-corrected chi connectivity index (χ4v) is 3.74. The third kappa shape index (κ3) is 7.03. The molecule has 0 aliphatic heterocycles. The maximum absolute atomic E-state index is 13.3. The van der Waals surface area contributed by atoms with Crippen LogP contribution < -0.4 is 5.32 Å². The Morgan fingerprint density at radius 2 is 1.73 bits per heavy atom. The van der Waals surface area contributed by atoms with Gasteiger partial charge in [0.15, 0.2) is 0 Å². The molecule has 6 heteroatoms. The first-order valence-electron chi connectivity index (χ1n) is 10.4. The average Bonchev–Trinajstić information content (AvgIpc) is 2.73. The van der Waals surface area contributed by atoms with Crippen LogP contribution in [0.3, 0.4) is 0 Å². The van der Waals surface area contributed by atoms with E-state index in [-0.39, 0.29) is 24.3 Å². The van der Waals surface area contributed by atoms with Crippen LogP contribution in [0.5, 0.6) is 0 Å². The van der Waals surface area contributed by atoms with Gasteiger partial charge in [0.2, 0.25) is 11.8 Å². The van der Waals surface area contributed by atoms with Crippen LogP contribution in [0.15, 0.2) is 48.5 Å². The Morgan fingerprint density at radius 3 is 2.33 bits per heavy atom. The lowest BCUT2D eigenvalue weighted by molar-refractivity contribution is -0.140. The third-order valence-electron chi connectivity index (χ3n) is 5.23. The van der Waals surface area contributed by atoms with Crippen molar-refractivity contribution < 1.29 is 9.59 Å². The van der Waals surface area contributed by atoms with Crippen LogP contribution in [0.2, 0.25) is 10.0 Å². The van der Waals surface area contributed by atoms with Crippen molar-refractivity contribution in [1.29, 1.82) is 0 Å². The molecule has 162 valence electrons. The number of carbonyl (C=O) groups excluding carboxylic acids is 2. The molecule has 1 N–H and O–H groups in total. The molecule has 2 rings (SSSR count). The van der Waals surface area contributed by atoms with Crippen molar-refractivity contribution >= 4 is 35.0 Å². The lowest BCUT2D eigenvalue weighted by atomic mass is 10.1. The van der Waals surface area contributed by atoms with E-state index in [1.54, 1.807) is 23.1 Å². The number of amides is 2. The predicted octanol–water partition coefficient (Wildman–Crippen LogP) is 5.30. The molecule has 2 aromatic rings. The summed E-state index contributed by atoms with van der Waals surface area (Å²) in [5.74, 6) is -0.239. The lowest BCUT2D eigenvalue weighted by Crippen LogP contribution is -2.52. The molecular weight excluding hydrogens is 419 g/mol. The van der Waals surface area contributed by atoms with Crippen molar-refractivity contribution in [2.45, 2.75) is 58.5 Å². The summed E-state index contributed by atoms with van der Waals surface area (Å²) >= 11 is 12.3. The molecule has 0 saturated heterocycles. The van der Waals surface area contributed by atoms with Crippen LogP contribution >= 0.6 is 23.2 Å². The van der Waals surface area contributed by atoms with Crippen LogP contribution in [0.4, 0.5) is 0 Å². The largest absolute Gasteiger partial charge is 0.352 e. The Morgan fingerprint density at radius 1 is 1.03 bits per heavy atom. The molecule has 2 amide bonds. The molecule has 2 atom stereocenters. The van der Waals surface area contributed by atoms with E-state index in [2.05, 4.69) is 5.32 Å². The summed E-state index contributed by atoms with van der Waals surface area (Å²) in [6.45, 7) is 6.38. The quantitative estimate of drug-likeness (QED) is 0.535. The molecule has 4 nitrogen and oxygen atoms in total. The Hall–Kier alpha value is -2.04. The first-order chi connectivity index (χ1) is 14.3. The van der Waals surface area contributed by atoms with Gasteiger partial charge in [-0.2, -0.15) is 0 Å². The molecule has 0 radical (unpaired) electrons. The summed E-state index contributed by atoms with van der Waals surface area (Å²) in [7, 11) is 0. The van der Waals surface area contributed by atoms with E-state index in [4.69, 9.17) is 23.2 Å². The summed E-state index contributed by atoms with van der Waals surface area (Å²) in [4.78, 5) is 27.9. The highest BCUT2D eigenvalue weighted by Gasteiger charge is 2.29. The van der Waals surface area contributed by atoms with Crippen molar-refractivity contribution in [3.63, 3.8) is 0 Å². The average molecular weight is 449 g/mol. The Balaban J connectivity index is 2.23. The van der Waals surface area contributed by atoms with Gasteiger partial charge >= 0.3 is 0 Å². The summed E-state index contributed by atoms with van der Waals surface area (Å²) in [5.41, 5.74) is 1.82. The SMILES string of the molecule is CC[C@H](C)NC(=O)[C@H](CC)N(CCc1ccccc1)C(=O)Cc1ccc(Cl)cc1Cl. The number of carbonyl (C=O) groups is 2. The molecule has 0 saturated carbocycles. The van der Waals surface area contributed by atoms with Crippen LogP contribution in [0.25, 0.3) is 0 Å². The molecule has 0 bridgehead atoms. The van der Waals surface area contributed by atoms with Crippen molar-refractivity contribution in [2.24, 2.45) is 0 Å². The molecular formula is C24H30Cl2N2O2. The fourth-order valence-electron chi connectivity index (χ4n) is 3.27. The molecule has 0 aromatic heterocycles. The Bertz CT molecular complexity index is 842. The van der Waals surface area contributed by atoms with E-state index in [9.17, 15) is 9.59 Å². The van der Waals surface area contributed by atoms with Gasteiger partial charge in [-0.15, -0.1) is 0 Å². The summed E-state index contributed by atoms with van der Waals surface area (Å²) in [6, 6.07) is 14.6. The van der Waals surface area contributed by atoms with E-state index in [0.29, 0.717) is 35.0 Å². The minimum Gasteiger partial charge on any atom is -0.352 e. The number of benzene rings is 2. The second kappa shape index (κ2) is 12.0. The fraction of sp³-hybridized carbons (Fsp3) is 0.417. The van der Waals surface area contributed by atoms with Gasteiger partial charge in [-0.1, -0.05) is 73.4 Å². The summed E-state index contributed by atoms with van der Waals surface area (Å²) in [6.07, 6.45) is 2.17. The molecule has 0 aliphatic rings. The van der Waals surface area contributed by atoms with Crippen LogP contribution in [-0.4, -0.2) is 35.3 Å². The second-order valence-corrected chi connectivity index (χ2v) is 8.32. The van der Waals surface area contributed by atoms with E-state index in [0.717, 1.165) is 12.0 Å². The monoisotopic (exact) mass is 448 g/mol. The molecule has 0 heterocycles. The Labute approximate surface area is 189 Å². The summed E-state index contributed by atoms with van der Waals surface area (Å²) in [5, 5.41) is 4.00. The first-order valence-corrected chi connectivity index (χ1v) is 11.2. The van der Waals surface area contributed by atoms with Gasteiger partial charge in [0, 0.05) is 22.6 Å². The van der Waals surface area contributed by atoms with Gasteiger partial charge in [0.1, 0.15) is 6.04 Å². The van der Waals surface area contributed by atoms with E-state index in [1.165, 1.54) is 0 Å². The summed E-state index contributed by atoms with van der Waals surface area (Å²) < 4.78 is 0. The van der Waals surface area contributed by atoms with Crippen LogP contribution in [0, 0.1) is 0 Å². The first kappa shape index (κ1) is 24.2. The maximum Gasteiger partial charge on any atom is 0.243 e. The van der Waals surface area contributed by atoms with Gasteiger partial charge in [0.25, 0.3) is 0 Å². The zero-order valence-corrected chi connectivity index (χ0v) is 19.3. The molecule has 0 unspecified atom stereocenters. The van der Waals surface area contributed by atoms with Gasteiger partial charge in [0.05, 0.1) is 6.42 Å². The van der Waals surface area contributed by atoms with Crippen molar-refractivity contribution in [3.8, 4) is 0 Å². The third-order valence-corrected chi connectivity index (χ3v) is 5.81. The molecule has 0 spiro atoms. The number of nitrogens with one attached hydrogen (secondary N) is 1. The normalized spacial score (nSPS) is 12.8. The van der Waals surface area contributed by atoms with Crippen molar-refractivity contribution in [3.05, 3.63) is 69.7 Å². The van der Waals surface area contributed by atoms with E-state index < -0.39 is 6.04 Å². The smallest absolute Gasteiger partial charge is 0.243 e. The topological polar surface area (TPSA) is 49.4 Å². The Kier molecular flexibility index (Phi) is 9.67. The number of hydrogen-bond donors (Lipinski definition) is 1. The number of nitrogens with zero attached hydrogens (tertiary/aromatic N) is 1. The minimum atomic E-state index is -0.527. The standard InChI is InChI=1S/C24H30Cl2N2O2/c1-4-17(3)27-24(30)22(5-2)28(14-13-18-9-7-6-8-10-18)23(29)15-19-11-12-20(25)16-21(19)26/h6-12,16-17,22H,4-5,13-15H2,1-3H3,(H,27,30)/t17-,22-/m0/s1. The number of rotatable bonds is 10. The zero-order chi connectivity index (χ0) is 22.1. The van der Waals surface area contributed by atoms with Crippen LogP contribution in [0.1, 0.15) is 44.7 Å².